The second kappa shape index (κ2) is 12.9. The van der Waals surface area contributed by atoms with Crippen LogP contribution in [0.25, 0.3) is 0 Å². The normalized spacial score (nSPS) is 33.0. The van der Waals surface area contributed by atoms with Crippen LogP contribution in [-0.2, 0) is 19.0 Å². The molecule has 3 aliphatic heterocycles. The molecule has 0 amide bonds. The lowest BCUT2D eigenvalue weighted by Crippen LogP contribution is -2.47. The summed E-state index contributed by atoms with van der Waals surface area (Å²) in [5, 5.41) is 20.9. The summed E-state index contributed by atoms with van der Waals surface area (Å²) in [6.07, 6.45) is 19.1. The molecule has 6 unspecified atom stereocenters. The van der Waals surface area contributed by atoms with E-state index in [1.807, 2.05) is 0 Å². The number of carbonyl (C=O) groups excluding carboxylic acids is 1. The molecule has 6 atom stereocenters. The molecule has 182 valence electrons. The van der Waals surface area contributed by atoms with Gasteiger partial charge in [0.25, 0.3) is 0 Å². The van der Waals surface area contributed by atoms with E-state index in [2.05, 4.69) is 19.1 Å². The maximum Gasteiger partial charge on any atom is 0.330 e. The first-order valence-electron chi connectivity index (χ1n) is 12.8. The lowest BCUT2D eigenvalue weighted by atomic mass is 9.92. The number of aliphatic hydroxyl groups excluding tert-OH is 2. The molecule has 3 aliphatic rings. The molecule has 0 radical (unpaired) electrons. The predicted octanol–water partition coefficient (Wildman–Crippen LogP) is 4.72. The number of hydrogen-bond donors (Lipinski definition) is 2. The first kappa shape index (κ1) is 25.4. The molecule has 0 saturated carbocycles. The van der Waals surface area contributed by atoms with E-state index < -0.39 is 18.0 Å². The number of esters is 1. The van der Waals surface area contributed by atoms with Crippen molar-refractivity contribution in [3.05, 3.63) is 24.3 Å². The van der Waals surface area contributed by atoms with Gasteiger partial charge in [0, 0.05) is 18.9 Å². The van der Waals surface area contributed by atoms with E-state index >= 15 is 0 Å². The summed E-state index contributed by atoms with van der Waals surface area (Å²) in [6.45, 7) is 2.17. The Morgan fingerprint density at radius 1 is 1.09 bits per heavy atom. The third-order valence-electron chi connectivity index (χ3n) is 6.73. The molecule has 0 aromatic carbocycles. The summed E-state index contributed by atoms with van der Waals surface area (Å²) in [7, 11) is 0. The van der Waals surface area contributed by atoms with Gasteiger partial charge in [0.2, 0.25) is 0 Å². The Morgan fingerprint density at radius 2 is 1.84 bits per heavy atom. The number of unbranched alkanes of at least 4 members (excludes halogenated alkanes) is 7. The highest BCUT2D eigenvalue weighted by molar-refractivity contribution is 5.83. The summed E-state index contributed by atoms with van der Waals surface area (Å²) < 4.78 is 17.7. The quantitative estimate of drug-likeness (QED) is 0.240. The molecule has 3 rings (SSSR count). The van der Waals surface area contributed by atoms with Crippen molar-refractivity contribution in [2.24, 2.45) is 0 Å². The lowest BCUT2D eigenvalue weighted by Gasteiger charge is -2.40. The zero-order valence-corrected chi connectivity index (χ0v) is 19.6. The van der Waals surface area contributed by atoms with Crippen molar-refractivity contribution in [1.82, 2.24) is 0 Å². The summed E-state index contributed by atoms with van der Waals surface area (Å²) >= 11 is 0. The van der Waals surface area contributed by atoms with Crippen molar-refractivity contribution >= 4 is 5.97 Å². The first-order valence-corrected chi connectivity index (χ1v) is 12.8. The Hall–Kier alpha value is -1.21. The third kappa shape index (κ3) is 7.98. The average Bonchev–Trinajstić information content (AvgIpc) is 3.07. The van der Waals surface area contributed by atoms with Crippen LogP contribution in [0.15, 0.2) is 24.3 Å². The fourth-order valence-corrected chi connectivity index (χ4v) is 5.16. The highest BCUT2D eigenvalue weighted by Crippen LogP contribution is 2.43. The Morgan fingerprint density at radius 3 is 2.62 bits per heavy atom. The van der Waals surface area contributed by atoms with E-state index in [4.69, 9.17) is 14.2 Å². The largest absolute Gasteiger partial charge is 0.456 e. The van der Waals surface area contributed by atoms with E-state index in [1.54, 1.807) is 6.08 Å². The standard InChI is InChI=1S/C26H42O6/c1-2-3-4-5-6-7-8-9-10-11-12-13-20(27)16-22-17-21(28)18-26(31-22)19-24-23(32-26)14-15-25(29)30-24/h3-4,14-15,20-24,27-28H,2,5-13,16-19H2,1H3. The van der Waals surface area contributed by atoms with Gasteiger partial charge in [-0.15, -0.1) is 0 Å². The summed E-state index contributed by atoms with van der Waals surface area (Å²) in [6, 6.07) is 0. The van der Waals surface area contributed by atoms with E-state index in [1.165, 1.54) is 44.6 Å². The molecule has 2 fully saturated rings. The molecule has 6 heteroatoms. The van der Waals surface area contributed by atoms with Crippen LogP contribution in [-0.4, -0.2) is 52.5 Å². The van der Waals surface area contributed by atoms with Gasteiger partial charge in [-0.3, -0.25) is 0 Å². The molecule has 2 N–H and O–H groups in total. The van der Waals surface area contributed by atoms with Crippen molar-refractivity contribution in [1.29, 1.82) is 0 Å². The minimum Gasteiger partial charge on any atom is -0.456 e. The third-order valence-corrected chi connectivity index (χ3v) is 6.73. The molecule has 1 spiro atoms. The van der Waals surface area contributed by atoms with Gasteiger partial charge in [0.1, 0.15) is 12.2 Å². The smallest absolute Gasteiger partial charge is 0.330 e. The van der Waals surface area contributed by atoms with Gasteiger partial charge in [-0.2, -0.15) is 0 Å². The molecule has 0 aromatic heterocycles. The monoisotopic (exact) mass is 450 g/mol. The maximum absolute atomic E-state index is 11.5. The summed E-state index contributed by atoms with van der Waals surface area (Å²) in [4.78, 5) is 11.5. The first-order chi connectivity index (χ1) is 15.5. The minimum atomic E-state index is -0.932. The van der Waals surface area contributed by atoms with E-state index in [0.29, 0.717) is 25.7 Å². The Labute approximate surface area is 193 Å². The molecule has 0 aromatic rings. The highest BCUT2D eigenvalue weighted by Gasteiger charge is 2.53. The van der Waals surface area contributed by atoms with Gasteiger partial charge in [-0.1, -0.05) is 57.6 Å². The fourth-order valence-electron chi connectivity index (χ4n) is 5.16. The Bertz CT molecular complexity index is 632. The van der Waals surface area contributed by atoms with Crippen molar-refractivity contribution < 1.29 is 29.2 Å². The summed E-state index contributed by atoms with van der Waals surface area (Å²) in [5.74, 6) is -1.29. The zero-order chi connectivity index (χ0) is 22.8. The number of allylic oxidation sites excluding steroid dienone is 2. The van der Waals surface area contributed by atoms with Gasteiger partial charge >= 0.3 is 5.97 Å². The molecule has 3 heterocycles. The Balaban J connectivity index is 1.29. The number of ether oxygens (including phenoxy) is 3. The highest BCUT2D eigenvalue weighted by atomic mass is 16.7. The second-order valence-corrected chi connectivity index (χ2v) is 9.69. The molecular weight excluding hydrogens is 408 g/mol. The molecular formula is C26H42O6. The van der Waals surface area contributed by atoms with E-state index in [0.717, 1.165) is 25.7 Å². The number of rotatable bonds is 13. The molecule has 6 nitrogen and oxygen atoms in total. The minimum absolute atomic E-state index is 0.254. The van der Waals surface area contributed by atoms with Crippen molar-refractivity contribution in [2.75, 3.05) is 0 Å². The average molecular weight is 451 g/mol. The SMILES string of the molecule is CCC=CCCCCCCCCCC(O)CC1CC(O)CC2(CC3OC(=O)C=CC3O2)O1. The fraction of sp³-hybridized carbons (Fsp3) is 0.808. The number of aliphatic hydroxyl groups is 2. The van der Waals surface area contributed by atoms with Crippen molar-refractivity contribution in [3.63, 3.8) is 0 Å². The van der Waals surface area contributed by atoms with Crippen LogP contribution in [0.2, 0.25) is 0 Å². The van der Waals surface area contributed by atoms with Crippen LogP contribution >= 0.6 is 0 Å². The number of fused-ring (bicyclic) bond motifs is 1. The van der Waals surface area contributed by atoms with Crippen molar-refractivity contribution in [2.45, 2.75) is 133 Å². The molecule has 0 bridgehead atoms. The molecule has 32 heavy (non-hydrogen) atoms. The predicted molar refractivity (Wildman–Crippen MR) is 123 cm³/mol. The molecule has 2 saturated heterocycles. The van der Waals surface area contributed by atoms with Gasteiger partial charge < -0.3 is 24.4 Å². The van der Waals surface area contributed by atoms with Crippen LogP contribution < -0.4 is 0 Å². The zero-order valence-electron chi connectivity index (χ0n) is 19.6. The van der Waals surface area contributed by atoms with Crippen LogP contribution in [0.3, 0.4) is 0 Å². The van der Waals surface area contributed by atoms with Gasteiger partial charge in [-0.25, -0.2) is 4.79 Å². The van der Waals surface area contributed by atoms with Crippen LogP contribution in [0.4, 0.5) is 0 Å². The van der Waals surface area contributed by atoms with Gasteiger partial charge in [-0.05, 0) is 44.6 Å². The maximum atomic E-state index is 11.5. The second-order valence-electron chi connectivity index (χ2n) is 9.69. The van der Waals surface area contributed by atoms with E-state index in [-0.39, 0.29) is 24.3 Å². The van der Waals surface area contributed by atoms with Crippen LogP contribution in [0.5, 0.6) is 0 Å². The van der Waals surface area contributed by atoms with Gasteiger partial charge in [0.15, 0.2) is 5.79 Å². The van der Waals surface area contributed by atoms with Crippen LogP contribution in [0.1, 0.15) is 96.8 Å². The number of carbonyl (C=O) groups is 1. The van der Waals surface area contributed by atoms with Gasteiger partial charge in [0.05, 0.1) is 18.3 Å². The Kier molecular flexibility index (Phi) is 10.2. The van der Waals surface area contributed by atoms with Crippen molar-refractivity contribution in [3.8, 4) is 0 Å². The summed E-state index contributed by atoms with van der Waals surface area (Å²) in [5.41, 5.74) is 0. The number of hydrogen-bond acceptors (Lipinski definition) is 6. The van der Waals surface area contributed by atoms with E-state index in [9.17, 15) is 15.0 Å². The molecule has 0 aliphatic carbocycles. The van der Waals surface area contributed by atoms with Crippen LogP contribution in [0, 0.1) is 0 Å². The topological polar surface area (TPSA) is 85.2 Å². The lowest BCUT2D eigenvalue weighted by molar-refractivity contribution is -0.285.